The Kier molecular flexibility index (Phi) is 7.38. The van der Waals surface area contributed by atoms with Crippen LogP contribution in [0.25, 0.3) is 10.8 Å². The minimum Gasteiger partial charge on any atom is -0.465 e. The molecule has 3 saturated heterocycles. The Balaban J connectivity index is 1.55. The zero-order valence-corrected chi connectivity index (χ0v) is 22.4. The maximum atomic E-state index is 14.5. The Morgan fingerprint density at radius 3 is 2.68 bits per heavy atom. The van der Waals surface area contributed by atoms with Crippen LogP contribution in [0.2, 0.25) is 0 Å². The molecule has 5 rings (SSSR count). The number of rotatable bonds is 10. The molecule has 1 spiro atoms. The first-order valence-electron chi connectivity index (χ1n) is 13.2. The van der Waals surface area contributed by atoms with Gasteiger partial charge in [-0.3, -0.25) is 14.4 Å². The second kappa shape index (κ2) is 10.6. The van der Waals surface area contributed by atoms with Crippen molar-refractivity contribution >= 4 is 46.0 Å². The van der Waals surface area contributed by atoms with Gasteiger partial charge in [-0.05, 0) is 41.7 Å². The maximum absolute atomic E-state index is 14.5. The van der Waals surface area contributed by atoms with E-state index < -0.39 is 22.6 Å². The molecule has 3 unspecified atom stereocenters. The molecule has 3 fully saturated rings. The first-order valence-corrected chi connectivity index (χ1v) is 14.0. The molecule has 2 aromatic rings. The molecule has 0 aliphatic carbocycles. The second-order valence-electron chi connectivity index (χ2n) is 10.3. The summed E-state index contributed by atoms with van der Waals surface area (Å²) in [5, 5.41) is 11.9. The molecule has 38 heavy (non-hydrogen) atoms. The summed E-state index contributed by atoms with van der Waals surface area (Å²) < 4.78 is 4.77. The summed E-state index contributed by atoms with van der Waals surface area (Å²) in [5.41, 5.74) is 0.718. The van der Waals surface area contributed by atoms with Crippen molar-refractivity contribution in [1.82, 2.24) is 4.90 Å². The standard InChI is InChI=1S/C30H34N2O5S/c1-4-6-16-37-29(36)24-23-17-19(3)30(38-23)25(24)27(34)32(14-15-33)26(30)28(35)31(13-5-2)22-12-11-20-9-7-8-10-21(20)18-22/h4-5,7-12,18-19,23-26,33H,1-2,6,13-17H2,3H3/t19?,23-,24+,25+,26?,30?/m1/s1. The van der Waals surface area contributed by atoms with Crippen LogP contribution < -0.4 is 4.90 Å². The quantitative estimate of drug-likeness (QED) is 0.283. The number of β-amino-alcohol motifs (C(OH)–C–C–N with tert-alkyl or cyclic N) is 1. The Bertz CT molecular complexity index is 1280. The second-order valence-corrected chi connectivity index (χ2v) is 11.9. The lowest BCUT2D eigenvalue weighted by Crippen LogP contribution is -2.57. The zero-order valence-electron chi connectivity index (χ0n) is 21.6. The Hall–Kier alpha value is -3.10. The molecule has 0 saturated carbocycles. The van der Waals surface area contributed by atoms with Crippen molar-refractivity contribution in [3.8, 4) is 0 Å². The third-order valence-electron chi connectivity index (χ3n) is 8.28. The molecule has 3 aliphatic rings. The monoisotopic (exact) mass is 534 g/mol. The van der Waals surface area contributed by atoms with Gasteiger partial charge in [-0.2, -0.15) is 0 Å². The molecule has 2 aromatic carbocycles. The van der Waals surface area contributed by atoms with E-state index in [1.165, 1.54) is 4.90 Å². The highest BCUT2D eigenvalue weighted by molar-refractivity contribution is 8.02. The molecule has 3 heterocycles. The van der Waals surface area contributed by atoms with Crippen LogP contribution in [0.5, 0.6) is 0 Å². The third kappa shape index (κ3) is 4.05. The lowest BCUT2D eigenvalue weighted by Gasteiger charge is -2.40. The summed E-state index contributed by atoms with van der Waals surface area (Å²) in [6, 6.07) is 13.0. The van der Waals surface area contributed by atoms with Crippen molar-refractivity contribution in [2.45, 2.75) is 35.8 Å². The van der Waals surface area contributed by atoms with Gasteiger partial charge in [0.15, 0.2) is 0 Å². The van der Waals surface area contributed by atoms with Gasteiger partial charge >= 0.3 is 5.97 Å². The first kappa shape index (κ1) is 26.5. The Morgan fingerprint density at radius 2 is 1.97 bits per heavy atom. The van der Waals surface area contributed by atoms with Gasteiger partial charge in [0.2, 0.25) is 5.91 Å². The van der Waals surface area contributed by atoms with E-state index in [4.69, 9.17) is 4.74 Å². The van der Waals surface area contributed by atoms with Crippen molar-refractivity contribution in [2.75, 3.05) is 31.2 Å². The van der Waals surface area contributed by atoms with Crippen LogP contribution in [0, 0.1) is 17.8 Å². The highest BCUT2D eigenvalue weighted by Crippen LogP contribution is 2.68. The fourth-order valence-electron chi connectivity index (χ4n) is 6.70. The topological polar surface area (TPSA) is 87.1 Å². The molecule has 1 N–H and O–H groups in total. The highest BCUT2D eigenvalue weighted by Gasteiger charge is 2.76. The van der Waals surface area contributed by atoms with E-state index in [0.717, 1.165) is 22.9 Å². The van der Waals surface area contributed by atoms with Gasteiger partial charge in [0.25, 0.3) is 5.91 Å². The Morgan fingerprint density at radius 1 is 1.21 bits per heavy atom. The van der Waals surface area contributed by atoms with E-state index in [9.17, 15) is 19.5 Å². The molecule has 6 atom stereocenters. The average molecular weight is 535 g/mol. The fraction of sp³-hybridized carbons (Fsp3) is 0.433. The molecule has 3 aliphatic heterocycles. The number of nitrogens with zero attached hydrogens (tertiary/aromatic N) is 2. The third-order valence-corrected chi connectivity index (χ3v) is 10.4. The predicted molar refractivity (Wildman–Crippen MR) is 150 cm³/mol. The van der Waals surface area contributed by atoms with E-state index in [1.54, 1.807) is 28.8 Å². The number of carbonyl (C=O) groups is 3. The molecule has 200 valence electrons. The number of ether oxygens (including phenoxy) is 1. The van der Waals surface area contributed by atoms with Gasteiger partial charge in [-0.15, -0.1) is 24.9 Å². The van der Waals surface area contributed by atoms with E-state index in [-0.39, 0.29) is 55.3 Å². The summed E-state index contributed by atoms with van der Waals surface area (Å²) in [7, 11) is 0. The van der Waals surface area contributed by atoms with Gasteiger partial charge < -0.3 is 19.6 Å². The molecular formula is C30H34N2O5S. The summed E-state index contributed by atoms with van der Waals surface area (Å²) >= 11 is 1.60. The number of hydrogen-bond acceptors (Lipinski definition) is 6. The lowest BCUT2D eigenvalue weighted by molar-refractivity contribution is -0.154. The molecule has 8 heteroatoms. The number of thioether (sulfide) groups is 1. The van der Waals surface area contributed by atoms with Crippen molar-refractivity contribution in [3.05, 3.63) is 67.8 Å². The first-order chi connectivity index (χ1) is 18.4. The summed E-state index contributed by atoms with van der Waals surface area (Å²) in [6.45, 7) is 9.87. The van der Waals surface area contributed by atoms with E-state index in [2.05, 4.69) is 20.1 Å². The number of aliphatic hydroxyl groups is 1. The van der Waals surface area contributed by atoms with E-state index >= 15 is 0 Å². The van der Waals surface area contributed by atoms with Crippen molar-refractivity contribution in [2.24, 2.45) is 17.8 Å². The molecule has 2 bridgehead atoms. The average Bonchev–Trinajstić information content (AvgIpc) is 3.51. The fourth-order valence-corrected chi connectivity index (χ4v) is 9.10. The number of carbonyl (C=O) groups excluding carboxylic acids is 3. The molecular weight excluding hydrogens is 500 g/mol. The summed E-state index contributed by atoms with van der Waals surface area (Å²) in [4.78, 5) is 44.9. The number of likely N-dealkylation sites (tertiary alicyclic amines) is 1. The molecule has 7 nitrogen and oxygen atoms in total. The maximum Gasteiger partial charge on any atom is 0.310 e. The summed E-state index contributed by atoms with van der Waals surface area (Å²) in [5.74, 6) is -2.09. The minimum atomic E-state index is -0.811. The van der Waals surface area contributed by atoms with E-state index in [1.807, 2.05) is 42.5 Å². The van der Waals surface area contributed by atoms with Gasteiger partial charge in [0, 0.05) is 24.0 Å². The van der Waals surface area contributed by atoms with Crippen molar-refractivity contribution < 1.29 is 24.2 Å². The lowest BCUT2D eigenvalue weighted by atomic mass is 9.66. The van der Waals surface area contributed by atoms with Crippen LogP contribution in [-0.4, -0.2) is 70.1 Å². The van der Waals surface area contributed by atoms with Crippen molar-refractivity contribution in [3.63, 3.8) is 0 Å². The Labute approximate surface area is 227 Å². The van der Waals surface area contributed by atoms with Gasteiger partial charge in [-0.25, -0.2) is 0 Å². The van der Waals surface area contributed by atoms with Crippen LogP contribution in [0.3, 0.4) is 0 Å². The molecule has 0 radical (unpaired) electrons. The highest BCUT2D eigenvalue weighted by atomic mass is 32.2. The van der Waals surface area contributed by atoms with Crippen LogP contribution in [0.4, 0.5) is 5.69 Å². The van der Waals surface area contributed by atoms with Crippen LogP contribution in [0.1, 0.15) is 19.8 Å². The van der Waals surface area contributed by atoms with Crippen LogP contribution >= 0.6 is 11.8 Å². The van der Waals surface area contributed by atoms with Crippen molar-refractivity contribution in [1.29, 1.82) is 0 Å². The molecule has 0 aromatic heterocycles. The van der Waals surface area contributed by atoms with Gasteiger partial charge in [-0.1, -0.05) is 49.4 Å². The summed E-state index contributed by atoms with van der Waals surface area (Å²) in [6.07, 6.45) is 4.63. The molecule has 2 amide bonds. The van der Waals surface area contributed by atoms with Crippen LogP contribution in [0.15, 0.2) is 67.8 Å². The normalized spacial score (nSPS) is 29.4. The zero-order chi connectivity index (χ0) is 27.0. The smallest absolute Gasteiger partial charge is 0.310 e. The van der Waals surface area contributed by atoms with Crippen LogP contribution in [-0.2, 0) is 19.1 Å². The number of aliphatic hydroxyl groups excluding tert-OH is 1. The number of hydrogen-bond donors (Lipinski definition) is 1. The van der Waals surface area contributed by atoms with Gasteiger partial charge in [0.05, 0.1) is 29.8 Å². The number of fused-ring (bicyclic) bond motifs is 2. The van der Waals surface area contributed by atoms with E-state index in [0.29, 0.717) is 6.42 Å². The number of amides is 2. The minimum absolute atomic E-state index is 0.0310. The number of benzene rings is 2. The largest absolute Gasteiger partial charge is 0.465 e. The van der Waals surface area contributed by atoms with Gasteiger partial charge in [0.1, 0.15) is 6.04 Å². The SMILES string of the molecule is C=CCCOC(=O)[C@@H]1[C@H]2C(=O)N(CCO)C(C(=O)N(CC=C)c3ccc4ccccc4c3)C23S[C@@H]1CC3C. The number of esters is 1. The predicted octanol–water partition coefficient (Wildman–Crippen LogP) is 3.81. The number of anilines is 1.